The molecule has 2 N–H and O–H groups in total. The number of nitrogens with zero attached hydrogens (tertiary/aromatic N) is 3. The van der Waals surface area contributed by atoms with Gasteiger partial charge in [0.25, 0.3) is 0 Å². The lowest BCUT2D eigenvalue weighted by molar-refractivity contribution is 0.665. The van der Waals surface area contributed by atoms with Crippen LogP contribution in [0, 0.1) is 11.3 Å². The van der Waals surface area contributed by atoms with Crippen LogP contribution in [-0.2, 0) is 0 Å². The third-order valence-electron chi connectivity index (χ3n) is 2.67. The molecule has 1 rings (SSSR count). The number of nitrogens with two attached hydrogens (primary N) is 1. The van der Waals surface area contributed by atoms with Crippen molar-refractivity contribution in [2.75, 3.05) is 11.4 Å². The smallest absolute Gasteiger partial charge is 0.133 e. The normalized spacial score (nSPS) is 12.2. The largest absolute Gasteiger partial charge is 0.353 e. The van der Waals surface area contributed by atoms with Crippen molar-refractivity contribution in [1.82, 2.24) is 4.98 Å². The van der Waals surface area contributed by atoms with Crippen LogP contribution in [0.5, 0.6) is 0 Å². The van der Waals surface area contributed by atoms with Crippen LogP contribution in [0.4, 0.5) is 5.82 Å². The third kappa shape index (κ3) is 3.43. The average Bonchev–Trinajstić information content (AvgIpc) is 2.29. The zero-order chi connectivity index (χ0) is 12.8. The van der Waals surface area contributed by atoms with E-state index in [-0.39, 0.29) is 6.04 Å². The Balaban J connectivity index is 3.05. The van der Waals surface area contributed by atoms with Crippen LogP contribution in [0.1, 0.15) is 38.8 Å². The van der Waals surface area contributed by atoms with E-state index in [1.54, 1.807) is 6.20 Å². The Morgan fingerprint density at radius 2 is 2.18 bits per heavy atom. The van der Waals surface area contributed by atoms with E-state index in [1.807, 2.05) is 19.1 Å². The van der Waals surface area contributed by atoms with E-state index in [1.165, 1.54) is 0 Å². The van der Waals surface area contributed by atoms with E-state index in [0.717, 1.165) is 11.4 Å². The second-order valence-corrected chi connectivity index (χ2v) is 4.40. The van der Waals surface area contributed by atoms with Gasteiger partial charge in [0.05, 0.1) is 12.5 Å². The molecule has 0 radical (unpaired) electrons. The fourth-order valence-electron chi connectivity index (χ4n) is 1.78. The summed E-state index contributed by atoms with van der Waals surface area (Å²) < 4.78 is 0. The van der Waals surface area contributed by atoms with Crippen LogP contribution in [0.15, 0.2) is 18.3 Å². The average molecular weight is 232 g/mol. The highest BCUT2D eigenvalue weighted by Gasteiger charge is 2.16. The number of nitriles is 1. The zero-order valence-electron chi connectivity index (χ0n) is 10.7. The first-order chi connectivity index (χ1) is 8.07. The van der Waals surface area contributed by atoms with Crippen molar-refractivity contribution in [3.05, 3.63) is 23.9 Å². The summed E-state index contributed by atoms with van der Waals surface area (Å²) in [7, 11) is 0. The predicted molar refractivity (Wildman–Crippen MR) is 69.6 cm³/mol. The standard InChI is InChI=1S/C13H20N4/c1-10(2)17(9-5-7-14)13-12(11(3)15)6-4-8-16-13/h4,6,8,10-11H,5,9,15H2,1-3H3/t11-/m0/s1. The molecule has 4 nitrogen and oxygen atoms in total. The van der Waals surface area contributed by atoms with Crippen molar-refractivity contribution in [2.45, 2.75) is 39.3 Å². The minimum Gasteiger partial charge on any atom is -0.353 e. The Morgan fingerprint density at radius 1 is 1.47 bits per heavy atom. The summed E-state index contributed by atoms with van der Waals surface area (Å²) in [5.74, 6) is 0.896. The van der Waals surface area contributed by atoms with E-state index in [0.29, 0.717) is 19.0 Å². The lowest BCUT2D eigenvalue weighted by atomic mass is 10.1. The summed E-state index contributed by atoms with van der Waals surface area (Å²) in [6.07, 6.45) is 2.26. The highest BCUT2D eigenvalue weighted by Crippen LogP contribution is 2.24. The van der Waals surface area contributed by atoms with Gasteiger partial charge < -0.3 is 10.6 Å². The molecule has 0 saturated carbocycles. The molecular weight excluding hydrogens is 212 g/mol. The molecule has 0 unspecified atom stereocenters. The molecule has 0 saturated heterocycles. The van der Waals surface area contributed by atoms with Gasteiger partial charge in [-0.3, -0.25) is 0 Å². The monoisotopic (exact) mass is 232 g/mol. The van der Waals surface area contributed by atoms with E-state index in [2.05, 4.69) is 29.8 Å². The van der Waals surface area contributed by atoms with Crippen molar-refractivity contribution >= 4 is 5.82 Å². The number of rotatable bonds is 5. The predicted octanol–water partition coefficient (Wildman–Crippen LogP) is 2.23. The minimum absolute atomic E-state index is 0.0537. The van der Waals surface area contributed by atoms with Crippen molar-refractivity contribution in [3.8, 4) is 6.07 Å². The molecule has 17 heavy (non-hydrogen) atoms. The molecular formula is C13H20N4. The van der Waals surface area contributed by atoms with E-state index < -0.39 is 0 Å². The Hall–Kier alpha value is -1.60. The van der Waals surface area contributed by atoms with Crippen molar-refractivity contribution in [2.24, 2.45) is 5.73 Å². The number of hydrogen-bond donors (Lipinski definition) is 1. The summed E-state index contributed by atoms with van der Waals surface area (Å²) >= 11 is 0. The molecule has 0 fully saturated rings. The first-order valence-corrected chi connectivity index (χ1v) is 5.92. The quantitative estimate of drug-likeness (QED) is 0.845. The number of anilines is 1. The van der Waals surface area contributed by atoms with Crippen LogP contribution in [0.3, 0.4) is 0 Å². The molecule has 0 spiro atoms. The summed E-state index contributed by atoms with van der Waals surface area (Å²) in [6, 6.07) is 6.31. The van der Waals surface area contributed by atoms with Gasteiger partial charge in [-0.05, 0) is 26.8 Å². The number of pyridine rings is 1. The summed E-state index contributed by atoms with van der Waals surface area (Å²) in [5, 5.41) is 8.70. The van der Waals surface area contributed by atoms with Gasteiger partial charge in [-0.25, -0.2) is 4.98 Å². The molecule has 0 aliphatic heterocycles. The van der Waals surface area contributed by atoms with Gasteiger partial charge in [-0.1, -0.05) is 6.07 Å². The van der Waals surface area contributed by atoms with Gasteiger partial charge in [0, 0.05) is 30.4 Å². The van der Waals surface area contributed by atoms with Crippen LogP contribution in [0.2, 0.25) is 0 Å². The highest BCUT2D eigenvalue weighted by molar-refractivity contribution is 5.49. The van der Waals surface area contributed by atoms with Gasteiger partial charge in [-0.15, -0.1) is 0 Å². The van der Waals surface area contributed by atoms with Crippen molar-refractivity contribution in [1.29, 1.82) is 5.26 Å². The first kappa shape index (κ1) is 13.5. The van der Waals surface area contributed by atoms with Crippen LogP contribution < -0.4 is 10.6 Å². The Bertz CT molecular complexity index is 393. The Morgan fingerprint density at radius 3 is 2.71 bits per heavy atom. The fraction of sp³-hybridized carbons (Fsp3) is 0.538. The highest BCUT2D eigenvalue weighted by atomic mass is 15.2. The molecule has 0 aromatic carbocycles. The van der Waals surface area contributed by atoms with E-state index in [4.69, 9.17) is 11.0 Å². The number of hydrogen-bond acceptors (Lipinski definition) is 4. The fourth-order valence-corrected chi connectivity index (χ4v) is 1.78. The molecule has 1 heterocycles. The summed E-state index contributed by atoms with van der Waals surface area (Å²) in [6.45, 7) is 6.82. The second kappa shape index (κ2) is 6.21. The molecule has 0 aliphatic rings. The molecule has 1 aromatic heterocycles. The van der Waals surface area contributed by atoms with Crippen molar-refractivity contribution in [3.63, 3.8) is 0 Å². The second-order valence-electron chi connectivity index (χ2n) is 4.40. The molecule has 1 atom stereocenters. The van der Waals surface area contributed by atoms with Gasteiger partial charge in [0.1, 0.15) is 5.82 Å². The van der Waals surface area contributed by atoms with Crippen LogP contribution in [-0.4, -0.2) is 17.6 Å². The van der Waals surface area contributed by atoms with Gasteiger partial charge in [-0.2, -0.15) is 5.26 Å². The topological polar surface area (TPSA) is 65.9 Å². The molecule has 0 amide bonds. The lowest BCUT2D eigenvalue weighted by Crippen LogP contribution is -2.33. The molecule has 1 aromatic rings. The third-order valence-corrected chi connectivity index (χ3v) is 2.67. The van der Waals surface area contributed by atoms with Crippen LogP contribution in [0.25, 0.3) is 0 Å². The molecule has 0 bridgehead atoms. The van der Waals surface area contributed by atoms with Gasteiger partial charge in [0.2, 0.25) is 0 Å². The maximum atomic E-state index is 8.70. The molecule has 0 aliphatic carbocycles. The molecule has 4 heteroatoms. The maximum absolute atomic E-state index is 8.70. The van der Waals surface area contributed by atoms with Crippen molar-refractivity contribution < 1.29 is 0 Å². The molecule has 92 valence electrons. The summed E-state index contributed by atoms with van der Waals surface area (Å²) in [4.78, 5) is 6.54. The van der Waals surface area contributed by atoms with E-state index in [9.17, 15) is 0 Å². The van der Waals surface area contributed by atoms with E-state index >= 15 is 0 Å². The minimum atomic E-state index is -0.0537. The first-order valence-electron chi connectivity index (χ1n) is 5.92. The van der Waals surface area contributed by atoms with Crippen LogP contribution >= 0.6 is 0 Å². The maximum Gasteiger partial charge on any atom is 0.133 e. The Kier molecular flexibility index (Phi) is 4.92. The summed E-state index contributed by atoms with van der Waals surface area (Å²) in [5.41, 5.74) is 6.98. The number of aromatic nitrogens is 1. The SMILES string of the molecule is CC(C)N(CCC#N)c1ncccc1[C@H](C)N. The zero-order valence-corrected chi connectivity index (χ0v) is 10.7. The Labute approximate surface area is 103 Å². The lowest BCUT2D eigenvalue weighted by Gasteiger charge is -2.29. The van der Waals surface area contributed by atoms with Gasteiger partial charge >= 0.3 is 0 Å². The van der Waals surface area contributed by atoms with Gasteiger partial charge in [0.15, 0.2) is 0 Å².